The van der Waals surface area contributed by atoms with E-state index in [2.05, 4.69) is 0 Å². The molecule has 0 unspecified atom stereocenters. The molecule has 5 nitrogen and oxygen atoms in total. The van der Waals surface area contributed by atoms with Crippen LogP contribution in [0.2, 0.25) is 0 Å². The van der Waals surface area contributed by atoms with Crippen LogP contribution in [0.25, 0.3) is 0 Å². The number of rotatable bonds is 8. The van der Waals surface area contributed by atoms with Gasteiger partial charge in [0.2, 0.25) is 5.78 Å². The molecule has 0 radical (unpaired) electrons. The van der Waals surface area contributed by atoms with E-state index in [4.69, 9.17) is 14.2 Å². The molecule has 0 N–H and O–H groups in total. The summed E-state index contributed by atoms with van der Waals surface area (Å²) in [6, 6.07) is 11.1. The van der Waals surface area contributed by atoms with Gasteiger partial charge < -0.3 is 14.2 Å². The van der Waals surface area contributed by atoms with E-state index >= 15 is 0 Å². The second-order valence-corrected chi connectivity index (χ2v) is 6.09. The van der Waals surface area contributed by atoms with Crippen LogP contribution in [-0.4, -0.2) is 32.6 Å². The Hall–Kier alpha value is -2.82. The highest BCUT2D eigenvalue weighted by Crippen LogP contribution is 2.28. The molecule has 0 aliphatic carbocycles. The van der Waals surface area contributed by atoms with Crippen molar-refractivity contribution in [2.75, 3.05) is 20.8 Å². The zero-order chi connectivity index (χ0) is 19.1. The molecule has 2 aromatic carbocycles. The minimum absolute atomic E-state index is 0.189. The lowest BCUT2D eigenvalue weighted by Gasteiger charge is -2.10. The van der Waals surface area contributed by atoms with Crippen molar-refractivity contribution in [2.24, 2.45) is 0 Å². The fraction of sp³-hybridized carbons (Fsp3) is 0.333. The highest BCUT2D eigenvalue weighted by atomic mass is 16.5. The largest absolute Gasteiger partial charge is 0.493 e. The first kappa shape index (κ1) is 19.5. The smallest absolute Gasteiger partial charge is 0.306 e. The number of ketones is 1. The third kappa shape index (κ3) is 5.09. The van der Waals surface area contributed by atoms with Crippen molar-refractivity contribution >= 4 is 11.8 Å². The van der Waals surface area contributed by atoms with Crippen molar-refractivity contribution in [3.63, 3.8) is 0 Å². The van der Waals surface area contributed by atoms with E-state index in [0.717, 1.165) is 16.7 Å². The van der Waals surface area contributed by atoms with Crippen molar-refractivity contribution in [3.8, 4) is 11.5 Å². The molecular formula is C21H24O5. The summed E-state index contributed by atoms with van der Waals surface area (Å²) < 4.78 is 15.6. The third-order valence-corrected chi connectivity index (χ3v) is 4.12. The highest BCUT2D eigenvalue weighted by molar-refractivity contribution is 5.99. The van der Waals surface area contributed by atoms with Gasteiger partial charge in [0.05, 0.1) is 14.2 Å². The standard InChI is InChI=1S/C21H24O5/c1-14-5-6-15(2)17(11-14)18(22)13-26-21(23)10-8-16-7-9-19(24-3)20(12-16)25-4/h5-7,9,11-12H,8,10,13H2,1-4H3. The van der Waals surface area contributed by atoms with Gasteiger partial charge in [-0.05, 0) is 49.6 Å². The Kier molecular flexibility index (Phi) is 6.78. The molecule has 2 aromatic rings. The Morgan fingerprint density at radius 1 is 0.923 bits per heavy atom. The first-order valence-electron chi connectivity index (χ1n) is 8.41. The van der Waals surface area contributed by atoms with Gasteiger partial charge in [0, 0.05) is 12.0 Å². The summed E-state index contributed by atoms with van der Waals surface area (Å²) in [7, 11) is 3.14. The zero-order valence-electron chi connectivity index (χ0n) is 15.6. The molecule has 26 heavy (non-hydrogen) atoms. The number of hydrogen-bond acceptors (Lipinski definition) is 5. The summed E-state index contributed by atoms with van der Waals surface area (Å²) in [4.78, 5) is 24.2. The van der Waals surface area contributed by atoms with Crippen LogP contribution in [0.15, 0.2) is 36.4 Å². The van der Waals surface area contributed by atoms with E-state index in [-0.39, 0.29) is 18.8 Å². The maximum atomic E-state index is 12.2. The molecule has 0 heterocycles. The Morgan fingerprint density at radius 3 is 2.35 bits per heavy atom. The zero-order valence-corrected chi connectivity index (χ0v) is 15.6. The van der Waals surface area contributed by atoms with Gasteiger partial charge in [-0.1, -0.05) is 23.8 Å². The van der Waals surface area contributed by atoms with Gasteiger partial charge >= 0.3 is 5.97 Å². The number of aryl methyl sites for hydroxylation is 3. The molecule has 0 spiro atoms. The molecule has 0 aromatic heterocycles. The van der Waals surface area contributed by atoms with Crippen LogP contribution in [0.3, 0.4) is 0 Å². The fourth-order valence-corrected chi connectivity index (χ4v) is 2.61. The molecule has 0 atom stereocenters. The Labute approximate surface area is 153 Å². The van der Waals surface area contributed by atoms with Crippen LogP contribution in [0.4, 0.5) is 0 Å². The van der Waals surface area contributed by atoms with Gasteiger partial charge in [0.15, 0.2) is 18.1 Å². The van der Waals surface area contributed by atoms with Gasteiger partial charge in [-0.15, -0.1) is 0 Å². The average Bonchev–Trinajstić information content (AvgIpc) is 2.65. The number of carbonyl (C=O) groups is 2. The Morgan fingerprint density at radius 2 is 1.65 bits per heavy atom. The molecule has 0 saturated carbocycles. The molecular weight excluding hydrogens is 332 g/mol. The van der Waals surface area contributed by atoms with Crippen LogP contribution in [0.5, 0.6) is 11.5 Å². The fourth-order valence-electron chi connectivity index (χ4n) is 2.61. The number of esters is 1. The van der Waals surface area contributed by atoms with Crippen molar-refractivity contribution in [1.82, 2.24) is 0 Å². The topological polar surface area (TPSA) is 61.8 Å². The molecule has 0 amide bonds. The Bertz CT molecular complexity index is 795. The summed E-state index contributed by atoms with van der Waals surface area (Å²) in [5, 5.41) is 0. The number of carbonyl (C=O) groups excluding carboxylic acids is 2. The number of hydrogen-bond donors (Lipinski definition) is 0. The van der Waals surface area contributed by atoms with Gasteiger partial charge in [-0.2, -0.15) is 0 Å². The van der Waals surface area contributed by atoms with Crippen LogP contribution in [0, 0.1) is 13.8 Å². The van der Waals surface area contributed by atoms with Crippen LogP contribution in [-0.2, 0) is 16.0 Å². The normalized spacial score (nSPS) is 10.3. The second-order valence-electron chi connectivity index (χ2n) is 6.09. The van der Waals surface area contributed by atoms with Crippen molar-refractivity contribution < 1.29 is 23.8 Å². The first-order chi connectivity index (χ1) is 12.4. The highest BCUT2D eigenvalue weighted by Gasteiger charge is 2.13. The van der Waals surface area contributed by atoms with Crippen LogP contribution < -0.4 is 9.47 Å². The molecule has 138 valence electrons. The number of benzene rings is 2. The lowest BCUT2D eigenvalue weighted by atomic mass is 10.0. The minimum Gasteiger partial charge on any atom is -0.493 e. The summed E-state index contributed by atoms with van der Waals surface area (Å²) in [5.74, 6) is 0.658. The molecule has 5 heteroatoms. The lowest BCUT2D eigenvalue weighted by Crippen LogP contribution is -2.15. The van der Waals surface area contributed by atoms with E-state index in [9.17, 15) is 9.59 Å². The van der Waals surface area contributed by atoms with Gasteiger partial charge in [0.25, 0.3) is 0 Å². The van der Waals surface area contributed by atoms with E-state index in [0.29, 0.717) is 23.5 Å². The number of Topliss-reactive ketones (excluding diaryl/α,β-unsaturated/α-hetero) is 1. The monoisotopic (exact) mass is 356 g/mol. The number of methoxy groups -OCH3 is 2. The van der Waals surface area contributed by atoms with Crippen LogP contribution in [0.1, 0.15) is 33.5 Å². The van der Waals surface area contributed by atoms with E-state index in [1.165, 1.54) is 0 Å². The quantitative estimate of drug-likeness (QED) is 0.533. The van der Waals surface area contributed by atoms with Gasteiger partial charge in [0.1, 0.15) is 0 Å². The minimum atomic E-state index is -0.404. The van der Waals surface area contributed by atoms with Gasteiger partial charge in [-0.25, -0.2) is 0 Å². The van der Waals surface area contributed by atoms with Crippen molar-refractivity contribution in [3.05, 3.63) is 58.7 Å². The molecule has 0 aliphatic heterocycles. The van der Waals surface area contributed by atoms with E-state index in [1.807, 2.05) is 44.2 Å². The lowest BCUT2D eigenvalue weighted by molar-refractivity contribution is -0.142. The van der Waals surface area contributed by atoms with E-state index in [1.54, 1.807) is 20.3 Å². The average molecular weight is 356 g/mol. The Balaban J connectivity index is 1.87. The molecule has 2 rings (SSSR count). The van der Waals surface area contributed by atoms with Crippen LogP contribution >= 0.6 is 0 Å². The SMILES string of the molecule is COc1ccc(CCC(=O)OCC(=O)c2cc(C)ccc2C)cc1OC. The molecule has 0 fully saturated rings. The maximum absolute atomic E-state index is 12.2. The summed E-state index contributed by atoms with van der Waals surface area (Å²) >= 11 is 0. The van der Waals surface area contributed by atoms with Crippen molar-refractivity contribution in [2.45, 2.75) is 26.7 Å². The molecule has 0 bridgehead atoms. The van der Waals surface area contributed by atoms with E-state index < -0.39 is 5.97 Å². The summed E-state index contributed by atoms with van der Waals surface area (Å²) in [5.41, 5.74) is 3.40. The second kappa shape index (κ2) is 9.04. The summed E-state index contributed by atoms with van der Waals surface area (Å²) in [6.45, 7) is 3.55. The predicted octanol–water partition coefficient (Wildman–Crippen LogP) is 3.68. The number of ether oxygens (including phenoxy) is 3. The van der Waals surface area contributed by atoms with Gasteiger partial charge in [-0.3, -0.25) is 9.59 Å². The third-order valence-electron chi connectivity index (χ3n) is 4.12. The molecule has 0 aliphatic rings. The first-order valence-corrected chi connectivity index (χ1v) is 8.41. The molecule has 0 saturated heterocycles. The van der Waals surface area contributed by atoms with Crippen molar-refractivity contribution in [1.29, 1.82) is 0 Å². The predicted molar refractivity (Wildman–Crippen MR) is 99.1 cm³/mol. The maximum Gasteiger partial charge on any atom is 0.306 e. The summed E-state index contributed by atoms with van der Waals surface area (Å²) in [6.07, 6.45) is 0.687.